The lowest BCUT2D eigenvalue weighted by Crippen LogP contribution is -2.30. The Bertz CT molecular complexity index is 293. The van der Waals surface area contributed by atoms with Crippen molar-refractivity contribution in [2.75, 3.05) is 0 Å². The number of carbonyl (C=O) groups is 1. The Kier molecular flexibility index (Phi) is 7.88. The van der Waals surface area contributed by atoms with E-state index in [2.05, 4.69) is 24.5 Å². The highest BCUT2D eigenvalue weighted by molar-refractivity contribution is 5.78. The molecule has 22 heavy (non-hydrogen) atoms. The normalized spacial score (nSPS) is 20.8. The van der Waals surface area contributed by atoms with Gasteiger partial charge in [0.05, 0.1) is 0 Å². The Balaban J connectivity index is 1.47. The minimum Gasteiger partial charge on any atom is -0.311 e. The van der Waals surface area contributed by atoms with Crippen LogP contribution < -0.4 is 10.6 Å². The van der Waals surface area contributed by atoms with Gasteiger partial charge in [-0.25, -0.2) is 0 Å². The van der Waals surface area contributed by atoms with E-state index in [0.29, 0.717) is 17.9 Å². The average Bonchev–Trinajstić information content (AvgIpc) is 3.40. The number of nitrogens with one attached hydrogen (secondary N) is 2. The third-order valence-corrected chi connectivity index (χ3v) is 5.10. The van der Waals surface area contributed by atoms with E-state index in [-0.39, 0.29) is 0 Å². The smallest absolute Gasteiger partial charge is 0.132 e. The lowest BCUT2D eigenvalue weighted by atomic mass is 10.0. The molecule has 3 heteroatoms. The standard InChI is InChI=1S/C19H36N2O/c1-3-15(20-17-11-12-17)7-5-9-19(22)10-6-8-16(4-2)21-18-13-14-18/h15-18,20-21H,3-14H2,1-2H3. The highest BCUT2D eigenvalue weighted by Gasteiger charge is 2.24. The van der Waals surface area contributed by atoms with Crippen molar-refractivity contribution in [3.63, 3.8) is 0 Å². The van der Waals surface area contributed by atoms with Crippen LogP contribution in [0.25, 0.3) is 0 Å². The molecule has 2 aliphatic rings. The average molecular weight is 309 g/mol. The van der Waals surface area contributed by atoms with E-state index in [1.165, 1.54) is 51.4 Å². The molecule has 0 heterocycles. The molecular formula is C19H36N2O. The van der Waals surface area contributed by atoms with E-state index >= 15 is 0 Å². The molecular weight excluding hydrogens is 272 g/mol. The summed E-state index contributed by atoms with van der Waals surface area (Å²) in [5.74, 6) is 0.475. The van der Waals surface area contributed by atoms with E-state index in [9.17, 15) is 4.79 Å². The molecule has 0 aromatic rings. The van der Waals surface area contributed by atoms with Crippen molar-refractivity contribution in [2.45, 2.75) is 115 Å². The second kappa shape index (κ2) is 9.67. The van der Waals surface area contributed by atoms with E-state index in [4.69, 9.17) is 0 Å². The van der Waals surface area contributed by atoms with Crippen LogP contribution in [0.3, 0.4) is 0 Å². The third-order valence-electron chi connectivity index (χ3n) is 5.10. The first-order valence-corrected chi connectivity index (χ1v) is 9.75. The second-order valence-electron chi connectivity index (χ2n) is 7.42. The molecule has 2 atom stereocenters. The van der Waals surface area contributed by atoms with Gasteiger partial charge in [-0.3, -0.25) is 4.79 Å². The maximum absolute atomic E-state index is 12.0. The van der Waals surface area contributed by atoms with Crippen LogP contribution in [-0.2, 0) is 4.79 Å². The minimum absolute atomic E-state index is 0.475. The Morgan fingerprint density at radius 3 is 1.59 bits per heavy atom. The van der Waals surface area contributed by atoms with E-state index in [1.54, 1.807) is 0 Å². The van der Waals surface area contributed by atoms with E-state index < -0.39 is 0 Å². The summed E-state index contributed by atoms with van der Waals surface area (Å²) in [5, 5.41) is 7.37. The van der Waals surface area contributed by atoms with E-state index in [1.807, 2.05) is 0 Å². The molecule has 2 rings (SSSR count). The van der Waals surface area contributed by atoms with Gasteiger partial charge in [0.1, 0.15) is 5.78 Å². The largest absolute Gasteiger partial charge is 0.311 e. The molecule has 0 spiro atoms. The maximum atomic E-state index is 12.0. The Hall–Kier alpha value is -0.410. The van der Waals surface area contributed by atoms with Crippen molar-refractivity contribution in [1.29, 1.82) is 0 Å². The van der Waals surface area contributed by atoms with Crippen LogP contribution in [0.4, 0.5) is 0 Å². The molecule has 0 aliphatic heterocycles. The van der Waals surface area contributed by atoms with Crippen LogP contribution in [0.1, 0.15) is 90.9 Å². The van der Waals surface area contributed by atoms with Crippen molar-refractivity contribution in [1.82, 2.24) is 10.6 Å². The first-order chi connectivity index (χ1) is 10.7. The number of Topliss-reactive ketones (excluding diaryl/α,β-unsaturated/α-hetero) is 1. The van der Waals surface area contributed by atoms with Crippen molar-refractivity contribution in [3.8, 4) is 0 Å². The molecule has 3 nitrogen and oxygen atoms in total. The van der Waals surface area contributed by atoms with Crippen molar-refractivity contribution in [3.05, 3.63) is 0 Å². The number of hydrogen-bond donors (Lipinski definition) is 2. The minimum atomic E-state index is 0.475. The zero-order valence-electron chi connectivity index (χ0n) is 14.7. The second-order valence-corrected chi connectivity index (χ2v) is 7.42. The quantitative estimate of drug-likeness (QED) is 0.510. The highest BCUT2D eigenvalue weighted by Crippen LogP contribution is 2.22. The van der Waals surface area contributed by atoms with Gasteiger partial charge in [-0.15, -0.1) is 0 Å². The van der Waals surface area contributed by atoms with Gasteiger partial charge >= 0.3 is 0 Å². The van der Waals surface area contributed by atoms with Crippen LogP contribution in [-0.4, -0.2) is 30.0 Å². The summed E-state index contributed by atoms with van der Waals surface area (Å²) in [7, 11) is 0. The van der Waals surface area contributed by atoms with Gasteiger partial charge in [0, 0.05) is 37.0 Å². The molecule has 0 amide bonds. The highest BCUT2D eigenvalue weighted by atomic mass is 16.1. The fourth-order valence-electron chi connectivity index (χ4n) is 3.19. The number of carbonyl (C=O) groups excluding carboxylic acids is 1. The van der Waals surface area contributed by atoms with Crippen LogP contribution >= 0.6 is 0 Å². The summed E-state index contributed by atoms with van der Waals surface area (Å²) >= 11 is 0. The molecule has 0 radical (unpaired) electrons. The van der Waals surface area contributed by atoms with Crippen LogP contribution in [0.5, 0.6) is 0 Å². The first-order valence-electron chi connectivity index (χ1n) is 9.75. The summed E-state index contributed by atoms with van der Waals surface area (Å²) in [6, 6.07) is 2.83. The predicted octanol–water partition coefficient (Wildman–Crippen LogP) is 3.96. The Labute approximate surface area is 137 Å². The number of ketones is 1. The topological polar surface area (TPSA) is 41.1 Å². The monoisotopic (exact) mass is 308 g/mol. The lowest BCUT2D eigenvalue weighted by Gasteiger charge is -2.17. The van der Waals surface area contributed by atoms with Gasteiger partial charge in [-0.05, 0) is 64.2 Å². The van der Waals surface area contributed by atoms with Gasteiger partial charge in [0.15, 0.2) is 0 Å². The van der Waals surface area contributed by atoms with Crippen molar-refractivity contribution in [2.24, 2.45) is 0 Å². The fraction of sp³-hybridized carbons (Fsp3) is 0.947. The Morgan fingerprint density at radius 2 is 1.27 bits per heavy atom. The zero-order valence-corrected chi connectivity index (χ0v) is 14.7. The lowest BCUT2D eigenvalue weighted by molar-refractivity contribution is -0.119. The van der Waals surface area contributed by atoms with Crippen molar-refractivity contribution < 1.29 is 4.79 Å². The van der Waals surface area contributed by atoms with Gasteiger partial charge in [-0.1, -0.05) is 13.8 Å². The summed E-state index contributed by atoms with van der Waals surface area (Å²) < 4.78 is 0. The molecule has 0 saturated heterocycles. The molecule has 0 bridgehead atoms. The molecule has 2 N–H and O–H groups in total. The number of hydrogen-bond acceptors (Lipinski definition) is 3. The van der Waals surface area contributed by atoms with Crippen LogP contribution in [0.2, 0.25) is 0 Å². The van der Waals surface area contributed by atoms with Crippen LogP contribution in [0.15, 0.2) is 0 Å². The molecule has 2 saturated carbocycles. The van der Waals surface area contributed by atoms with Gasteiger partial charge in [0.25, 0.3) is 0 Å². The summed E-state index contributed by atoms with van der Waals surface area (Å²) in [4.78, 5) is 12.0. The summed E-state index contributed by atoms with van der Waals surface area (Å²) in [6.07, 6.45) is 13.8. The van der Waals surface area contributed by atoms with Gasteiger partial charge < -0.3 is 10.6 Å². The molecule has 0 aromatic carbocycles. The molecule has 128 valence electrons. The first kappa shape index (κ1) is 17.9. The third kappa shape index (κ3) is 7.73. The molecule has 2 unspecified atom stereocenters. The summed E-state index contributed by atoms with van der Waals surface area (Å²) in [6.45, 7) is 4.50. The molecule has 2 fully saturated rings. The molecule has 2 aliphatic carbocycles. The van der Waals surface area contributed by atoms with E-state index in [0.717, 1.165) is 37.8 Å². The van der Waals surface area contributed by atoms with Crippen molar-refractivity contribution >= 4 is 5.78 Å². The SMILES string of the molecule is CCC(CCCC(=O)CCCC(CC)NC1CC1)NC1CC1. The Morgan fingerprint density at radius 1 is 0.864 bits per heavy atom. The zero-order chi connectivity index (χ0) is 15.8. The summed E-state index contributed by atoms with van der Waals surface area (Å²) in [5.41, 5.74) is 0. The van der Waals surface area contributed by atoms with Crippen LogP contribution in [0, 0.1) is 0 Å². The molecule has 0 aromatic heterocycles. The predicted molar refractivity (Wildman–Crippen MR) is 93.2 cm³/mol. The maximum Gasteiger partial charge on any atom is 0.132 e. The van der Waals surface area contributed by atoms with Gasteiger partial charge in [-0.2, -0.15) is 0 Å². The number of rotatable bonds is 14. The fourth-order valence-corrected chi connectivity index (χ4v) is 3.19. The van der Waals surface area contributed by atoms with Gasteiger partial charge in [0.2, 0.25) is 0 Å².